The third-order valence-electron chi connectivity index (χ3n) is 4.93. The van der Waals surface area contributed by atoms with Crippen molar-refractivity contribution in [2.24, 2.45) is 5.92 Å². The van der Waals surface area contributed by atoms with Gasteiger partial charge < -0.3 is 10.2 Å². The summed E-state index contributed by atoms with van der Waals surface area (Å²) in [6.07, 6.45) is 4.14. The molecule has 0 atom stereocenters. The normalized spacial score (nSPS) is 21.3. The maximum absolute atomic E-state index is 12.9. The molecule has 21 heavy (non-hydrogen) atoms. The molecule has 1 amide bonds. The van der Waals surface area contributed by atoms with E-state index in [1.807, 2.05) is 31.3 Å². The van der Waals surface area contributed by atoms with Crippen LogP contribution in [0, 0.1) is 5.92 Å². The lowest BCUT2D eigenvalue weighted by molar-refractivity contribution is -0.135. The van der Waals surface area contributed by atoms with Gasteiger partial charge in [-0.3, -0.25) is 4.79 Å². The van der Waals surface area contributed by atoms with Crippen LogP contribution in [0.25, 0.3) is 0 Å². The van der Waals surface area contributed by atoms with Gasteiger partial charge in [0.05, 0.1) is 5.41 Å². The molecule has 114 valence electrons. The van der Waals surface area contributed by atoms with Crippen LogP contribution in [0.1, 0.15) is 31.2 Å². The molecule has 1 saturated heterocycles. The Kier molecular flexibility index (Phi) is 4.23. The van der Waals surface area contributed by atoms with Crippen molar-refractivity contribution < 1.29 is 4.79 Å². The van der Waals surface area contributed by atoms with E-state index < -0.39 is 0 Å². The van der Waals surface area contributed by atoms with Crippen LogP contribution in [0.15, 0.2) is 24.3 Å². The van der Waals surface area contributed by atoms with Crippen molar-refractivity contribution in [2.45, 2.75) is 31.1 Å². The van der Waals surface area contributed by atoms with E-state index in [4.69, 9.17) is 11.6 Å². The van der Waals surface area contributed by atoms with Crippen LogP contribution < -0.4 is 5.32 Å². The molecule has 0 bridgehead atoms. The summed E-state index contributed by atoms with van der Waals surface area (Å²) < 4.78 is 0. The average Bonchev–Trinajstić information content (AvgIpc) is 3.29. The first kappa shape index (κ1) is 14.9. The zero-order valence-electron chi connectivity index (χ0n) is 12.6. The molecule has 1 aliphatic heterocycles. The van der Waals surface area contributed by atoms with E-state index in [1.54, 1.807) is 0 Å². The van der Waals surface area contributed by atoms with E-state index in [1.165, 1.54) is 0 Å². The number of rotatable bonds is 4. The van der Waals surface area contributed by atoms with Crippen LogP contribution in [-0.4, -0.2) is 37.5 Å². The quantitative estimate of drug-likeness (QED) is 0.928. The summed E-state index contributed by atoms with van der Waals surface area (Å²) in [5.74, 6) is 1.02. The average molecular weight is 307 g/mol. The zero-order valence-corrected chi connectivity index (χ0v) is 13.3. The second-order valence-electron chi connectivity index (χ2n) is 6.39. The van der Waals surface area contributed by atoms with Crippen LogP contribution in [0.3, 0.4) is 0 Å². The highest BCUT2D eigenvalue weighted by atomic mass is 35.5. The molecule has 1 aromatic carbocycles. The topological polar surface area (TPSA) is 32.3 Å². The summed E-state index contributed by atoms with van der Waals surface area (Å²) in [6.45, 7) is 2.85. The monoisotopic (exact) mass is 306 g/mol. The number of piperidine rings is 1. The number of hydrogen-bond donors (Lipinski definition) is 1. The second kappa shape index (κ2) is 5.98. The molecular formula is C17H23ClN2O. The van der Waals surface area contributed by atoms with Gasteiger partial charge in [0.1, 0.15) is 0 Å². The van der Waals surface area contributed by atoms with Crippen LogP contribution in [0.2, 0.25) is 5.02 Å². The third kappa shape index (κ3) is 2.95. The number of halogens is 1. The van der Waals surface area contributed by atoms with Gasteiger partial charge in [-0.2, -0.15) is 0 Å². The Balaban J connectivity index is 1.68. The number of benzene rings is 1. The van der Waals surface area contributed by atoms with E-state index in [2.05, 4.69) is 10.2 Å². The summed E-state index contributed by atoms with van der Waals surface area (Å²) in [5.41, 5.74) is 0.818. The van der Waals surface area contributed by atoms with Crippen LogP contribution in [0.4, 0.5) is 0 Å². The van der Waals surface area contributed by atoms with Gasteiger partial charge in [0.2, 0.25) is 5.91 Å². The Morgan fingerprint density at radius 2 is 2.10 bits per heavy atom. The van der Waals surface area contributed by atoms with Gasteiger partial charge in [0.25, 0.3) is 0 Å². The predicted octanol–water partition coefficient (Wildman–Crippen LogP) is 2.83. The maximum atomic E-state index is 12.9. The highest BCUT2D eigenvalue weighted by molar-refractivity contribution is 6.30. The molecule has 0 unspecified atom stereocenters. The van der Waals surface area contributed by atoms with Gasteiger partial charge in [-0.15, -0.1) is 0 Å². The van der Waals surface area contributed by atoms with Gasteiger partial charge in [-0.05, 0) is 62.9 Å². The third-order valence-corrected chi connectivity index (χ3v) is 5.17. The Hall–Kier alpha value is -1.06. The van der Waals surface area contributed by atoms with Crippen molar-refractivity contribution in [3.63, 3.8) is 0 Å². The van der Waals surface area contributed by atoms with Gasteiger partial charge in [-0.25, -0.2) is 0 Å². The summed E-state index contributed by atoms with van der Waals surface area (Å²) in [4.78, 5) is 15.0. The summed E-state index contributed by atoms with van der Waals surface area (Å²) >= 11 is 6.09. The lowest BCUT2D eigenvalue weighted by atomic mass is 9.91. The van der Waals surface area contributed by atoms with Gasteiger partial charge >= 0.3 is 0 Å². The molecule has 3 nitrogen and oxygen atoms in total. The molecule has 1 aliphatic carbocycles. The highest BCUT2D eigenvalue weighted by Crippen LogP contribution is 2.50. The predicted molar refractivity (Wildman–Crippen MR) is 85.6 cm³/mol. The van der Waals surface area contributed by atoms with E-state index in [9.17, 15) is 4.79 Å². The first-order valence-electron chi connectivity index (χ1n) is 7.86. The first-order chi connectivity index (χ1) is 10.2. The van der Waals surface area contributed by atoms with Crippen molar-refractivity contribution in [1.29, 1.82) is 0 Å². The molecular weight excluding hydrogens is 284 g/mol. The molecule has 0 aromatic heterocycles. The summed E-state index contributed by atoms with van der Waals surface area (Å²) in [6, 6.07) is 7.82. The van der Waals surface area contributed by atoms with Crippen molar-refractivity contribution in [1.82, 2.24) is 10.2 Å². The highest BCUT2D eigenvalue weighted by Gasteiger charge is 2.53. The number of hydrogen-bond acceptors (Lipinski definition) is 2. The SMILES string of the molecule is CNCC1CCN(C(=O)C2(c3cccc(Cl)c3)CC2)CC1. The summed E-state index contributed by atoms with van der Waals surface area (Å²) in [7, 11) is 2.00. The van der Waals surface area contributed by atoms with E-state index in [-0.39, 0.29) is 5.41 Å². The maximum Gasteiger partial charge on any atom is 0.233 e. The number of carbonyl (C=O) groups is 1. The first-order valence-corrected chi connectivity index (χ1v) is 8.23. The largest absolute Gasteiger partial charge is 0.342 e. The number of carbonyl (C=O) groups excluding carboxylic acids is 1. The second-order valence-corrected chi connectivity index (χ2v) is 6.82. The zero-order chi connectivity index (χ0) is 14.9. The Morgan fingerprint density at radius 1 is 1.38 bits per heavy atom. The minimum atomic E-state index is -0.277. The minimum Gasteiger partial charge on any atom is -0.342 e. The lowest BCUT2D eigenvalue weighted by Crippen LogP contribution is -2.45. The number of nitrogens with one attached hydrogen (secondary N) is 1. The lowest BCUT2D eigenvalue weighted by Gasteiger charge is -2.34. The fourth-order valence-corrected chi connectivity index (χ4v) is 3.66. The number of amides is 1. The fraction of sp³-hybridized carbons (Fsp3) is 0.588. The number of nitrogens with zero attached hydrogens (tertiary/aromatic N) is 1. The van der Waals surface area contributed by atoms with Crippen LogP contribution in [-0.2, 0) is 10.2 Å². The van der Waals surface area contributed by atoms with Crippen LogP contribution in [0.5, 0.6) is 0 Å². The standard InChI is InChI=1S/C17H23ClN2O/c1-19-12-13-5-9-20(10-6-13)16(21)17(7-8-17)14-3-2-4-15(18)11-14/h2-4,11,13,19H,5-10,12H2,1H3. The Morgan fingerprint density at radius 3 is 2.67 bits per heavy atom. The molecule has 1 heterocycles. The van der Waals surface area contributed by atoms with Crippen molar-refractivity contribution in [3.8, 4) is 0 Å². The molecule has 1 saturated carbocycles. The van der Waals surface area contributed by atoms with E-state index >= 15 is 0 Å². The van der Waals surface area contributed by atoms with Gasteiger partial charge in [0, 0.05) is 18.1 Å². The van der Waals surface area contributed by atoms with E-state index in [0.29, 0.717) is 11.8 Å². The molecule has 2 aliphatic rings. The van der Waals surface area contributed by atoms with Crippen molar-refractivity contribution >= 4 is 17.5 Å². The minimum absolute atomic E-state index is 0.277. The summed E-state index contributed by atoms with van der Waals surface area (Å²) in [5, 5.41) is 3.96. The Bertz CT molecular complexity index is 519. The van der Waals surface area contributed by atoms with Crippen molar-refractivity contribution in [3.05, 3.63) is 34.9 Å². The fourth-order valence-electron chi connectivity index (χ4n) is 3.47. The molecule has 1 N–H and O–H groups in total. The van der Waals surface area contributed by atoms with Crippen LogP contribution >= 0.6 is 11.6 Å². The molecule has 0 radical (unpaired) electrons. The van der Waals surface area contributed by atoms with Gasteiger partial charge in [-0.1, -0.05) is 23.7 Å². The molecule has 3 rings (SSSR count). The van der Waals surface area contributed by atoms with E-state index in [0.717, 1.165) is 55.9 Å². The smallest absolute Gasteiger partial charge is 0.233 e. The molecule has 0 spiro atoms. The molecule has 2 fully saturated rings. The van der Waals surface area contributed by atoms with Crippen molar-refractivity contribution in [2.75, 3.05) is 26.7 Å². The molecule has 4 heteroatoms. The Labute approximate surface area is 131 Å². The van der Waals surface area contributed by atoms with Gasteiger partial charge in [0.15, 0.2) is 0 Å². The molecule has 1 aromatic rings. The number of likely N-dealkylation sites (tertiary alicyclic amines) is 1.